The molecule has 0 atom stereocenters. The molecule has 1 rings (SSSR count). The van der Waals surface area contributed by atoms with E-state index in [0.717, 1.165) is 11.1 Å². The third-order valence-electron chi connectivity index (χ3n) is 1.72. The van der Waals surface area contributed by atoms with Crippen molar-refractivity contribution in [1.82, 2.24) is 4.98 Å². The number of nitro groups is 1. The second-order valence-corrected chi connectivity index (χ2v) is 2.90. The number of hydrogen-bond acceptors (Lipinski definition) is 3. The van der Waals surface area contributed by atoms with Crippen LogP contribution in [0.4, 0.5) is 5.82 Å². The molecule has 0 unspecified atom stereocenters. The van der Waals surface area contributed by atoms with Gasteiger partial charge in [0.15, 0.2) is 0 Å². The first-order chi connectivity index (χ1) is 6.02. The Morgan fingerprint density at radius 2 is 2.31 bits per heavy atom. The zero-order chi connectivity index (χ0) is 10.0. The summed E-state index contributed by atoms with van der Waals surface area (Å²) in [6.07, 6.45) is 1.47. The van der Waals surface area contributed by atoms with Crippen LogP contribution in [0.2, 0.25) is 0 Å². The molecule has 4 nitrogen and oxygen atoms in total. The Labute approximate surface area is 76.1 Å². The lowest BCUT2D eigenvalue weighted by molar-refractivity contribution is -0.390. The van der Waals surface area contributed by atoms with Gasteiger partial charge in [0.2, 0.25) is 0 Å². The molecular formula is C9H10N2O2. The van der Waals surface area contributed by atoms with E-state index < -0.39 is 4.92 Å². The predicted octanol–water partition coefficient (Wildman–Crippen LogP) is 2.33. The molecule has 0 aliphatic rings. The van der Waals surface area contributed by atoms with Crippen molar-refractivity contribution in [2.75, 3.05) is 0 Å². The van der Waals surface area contributed by atoms with Crippen LogP contribution >= 0.6 is 0 Å². The van der Waals surface area contributed by atoms with E-state index in [1.807, 2.05) is 6.92 Å². The standard InChI is InChI=1S/C9H10N2O2/c1-6(2)8-4-7(3)9(10-5-8)11(12)13/h4-5H,1H2,2-3H3. The molecule has 0 spiro atoms. The Morgan fingerprint density at radius 3 is 2.69 bits per heavy atom. The molecule has 0 aromatic carbocycles. The van der Waals surface area contributed by atoms with E-state index >= 15 is 0 Å². The first-order valence-electron chi connectivity index (χ1n) is 3.79. The second-order valence-electron chi connectivity index (χ2n) is 2.90. The van der Waals surface area contributed by atoms with Gasteiger partial charge in [0.05, 0.1) is 0 Å². The smallest absolute Gasteiger partial charge is 0.358 e. The van der Waals surface area contributed by atoms with Crippen LogP contribution in [0.1, 0.15) is 18.1 Å². The molecule has 1 heterocycles. The first kappa shape index (κ1) is 9.38. The summed E-state index contributed by atoms with van der Waals surface area (Å²) in [6, 6.07) is 1.72. The maximum atomic E-state index is 10.4. The number of nitrogens with zero attached hydrogens (tertiary/aromatic N) is 2. The summed E-state index contributed by atoms with van der Waals surface area (Å²) >= 11 is 0. The quantitative estimate of drug-likeness (QED) is 0.515. The molecule has 0 fully saturated rings. The predicted molar refractivity (Wildman–Crippen MR) is 50.3 cm³/mol. The number of aryl methyl sites for hydroxylation is 1. The highest BCUT2D eigenvalue weighted by Crippen LogP contribution is 2.18. The summed E-state index contributed by atoms with van der Waals surface area (Å²) < 4.78 is 0. The fraction of sp³-hybridized carbons (Fsp3) is 0.222. The van der Waals surface area contributed by atoms with Gasteiger partial charge in [-0.05, 0) is 35.4 Å². The third-order valence-corrected chi connectivity index (χ3v) is 1.72. The van der Waals surface area contributed by atoms with E-state index in [1.165, 1.54) is 6.20 Å². The van der Waals surface area contributed by atoms with Gasteiger partial charge >= 0.3 is 5.82 Å². The number of rotatable bonds is 2. The van der Waals surface area contributed by atoms with Crippen molar-refractivity contribution in [2.24, 2.45) is 0 Å². The molecule has 0 N–H and O–H groups in total. The van der Waals surface area contributed by atoms with Crippen molar-refractivity contribution in [3.05, 3.63) is 40.1 Å². The number of aromatic nitrogens is 1. The summed E-state index contributed by atoms with van der Waals surface area (Å²) in [7, 11) is 0. The average molecular weight is 178 g/mol. The number of hydrogen-bond donors (Lipinski definition) is 0. The van der Waals surface area contributed by atoms with E-state index in [2.05, 4.69) is 11.6 Å². The minimum atomic E-state index is -0.489. The van der Waals surface area contributed by atoms with Crippen molar-refractivity contribution < 1.29 is 4.92 Å². The fourth-order valence-corrected chi connectivity index (χ4v) is 0.992. The summed E-state index contributed by atoms with van der Waals surface area (Å²) in [5.41, 5.74) is 2.25. The normalized spacial score (nSPS) is 9.69. The lowest BCUT2D eigenvalue weighted by Crippen LogP contribution is -1.96. The van der Waals surface area contributed by atoms with Crippen LogP contribution in [0, 0.1) is 17.0 Å². The van der Waals surface area contributed by atoms with E-state index in [1.54, 1.807) is 13.0 Å². The maximum absolute atomic E-state index is 10.4. The third kappa shape index (κ3) is 1.90. The Kier molecular flexibility index (Phi) is 2.41. The molecule has 0 radical (unpaired) electrons. The van der Waals surface area contributed by atoms with E-state index in [4.69, 9.17) is 0 Å². The Morgan fingerprint density at radius 1 is 1.69 bits per heavy atom. The van der Waals surface area contributed by atoms with Crippen LogP contribution in [0.25, 0.3) is 5.57 Å². The minimum Gasteiger partial charge on any atom is -0.358 e. The summed E-state index contributed by atoms with van der Waals surface area (Å²) in [5, 5.41) is 10.4. The van der Waals surface area contributed by atoms with Gasteiger partial charge in [0.1, 0.15) is 6.20 Å². The second kappa shape index (κ2) is 3.35. The Balaban J connectivity index is 3.20. The van der Waals surface area contributed by atoms with Gasteiger partial charge in [-0.3, -0.25) is 0 Å². The molecule has 68 valence electrons. The van der Waals surface area contributed by atoms with Gasteiger partial charge in [0, 0.05) is 11.1 Å². The molecular weight excluding hydrogens is 168 g/mol. The van der Waals surface area contributed by atoms with Crippen molar-refractivity contribution in [3.63, 3.8) is 0 Å². The van der Waals surface area contributed by atoms with Gasteiger partial charge in [-0.2, -0.15) is 0 Å². The molecule has 0 aliphatic heterocycles. The highest BCUT2D eigenvalue weighted by molar-refractivity contribution is 5.62. The summed E-state index contributed by atoms with van der Waals surface area (Å²) in [5.74, 6) is -0.0926. The topological polar surface area (TPSA) is 56.0 Å². The SMILES string of the molecule is C=C(C)c1cnc([N+](=O)[O-])c(C)c1. The first-order valence-corrected chi connectivity index (χ1v) is 3.79. The molecule has 0 saturated heterocycles. The maximum Gasteiger partial charge on any atom is 0.366 e. The lowest BCUT2D eigenvalue weighted by Gasteiger charge is -1.99. The zero-order valence-corrected chi connectivity index (χ0v) is 7.57. The van der Waals surface area contributed by atoms with Crippen molar-refractivity contribution in [3.8, 4) is 0 Å². The van der Waals surface area contributed by atoms with E-state index in [0.29, 0.717) is 5.56 Å². The van der Waals surface area contributed by atoms with E-state index in [9.17, 15) is 10.1 Å². The summed E-state index contributed by atoms with van der Waals surface area (Å²) in [4.78, 5) is 13.7. The van der Waals surface area contributed by atoms with Crippen LogP contribution in [-0.4, -0.2) is 9.91 Å². The minimum absolute atomic E-state index is 0.0926. The molecule has 0 bridgehead atoms. The van der Waals surface area contributed by atoms with Crippen molar-refractivity contribution >= 4 is 11.4 Å². The van der Waals surface area contributed by atoms with Crippen LogP contribution in [0.5, 0.6) is 0 Å². The molecule has 13 heavy (non-hydrogen) atoms. The van der Waals surface area contributed by atoms with E-state index in [-0.39, 0.29) is 5.82 Å². The number of pyridine rings is 1. The molecule has 4 heteroatoms. The van der Waals surface area contributed by atoms with Crippen LogP contribution in [0.15, 0.2) is 18.8 Å². The van der Waals surface area contributed by atoms with Gasteiger partial charge < -0.3 is 10.1 Å². The van der Waals surface area contributed by atoms with Gasteiger partial charge in [0.25, 0.3) is 0 Å². The Bertz CT molecular complexity index is 372. The molecule has 0 aliphatic carbocycles. The summed E-state index contributed by atoms with van der Waals surface area (Å²) in [6.45, 7) is 7.23. The van der Waals surface area contributed by atoms with Crippen molar-refractivity contribution in [1.29, 1.82) is 0 Å². The van der Waals surface area contributed by atoms with Gasteiger partial charge in [-0.25, -0.2) is 0 Å². The van der Waals surface area contributed by atoms with Crippen LogP contribution in [-0.2, 0) is 0 Å². The average Bonchev–Trinajstić information content (AvgIpc) is 2.03. The monoisotopic (exact) mass is 178 g/mol. The highest BCUT2D eigenvalue weighted by Gasteiger charge is 2.12. The van der Waals surface area contributed by atoms with Gasteiger partial charge in [-0.1, -0.05) is 6.58 Å². The molecule has 0 saturated carbocycles. The van der Waals surface area contributed by atoms with Crippen molar-refractivity contribution in [2.45, 2.75) is 13.8 Å². The molecule has 1 aromatic heterocycles. The highest BCUT2D eigenvalue weighted by atomic mass is 16.6. The van der Waals surface area contributed by atoms with Gasteiger partial charge in [-0.15, -0.1) is 0 Å². The molecule has 1 aromatic rings. The fourth-order valence-electron chi connectivity index (χ4n) is 0.992. The molecule has 0 amide bonds. The number of allylic oxidation sites excluding steroid dienone is 1. The zero-order valence-electron chi connectivity index (χ0n) is 7.57. The lowest BCUT2D eigenvalue weighted by atomic mass is 10.1. The largest absolute Gasteiger partial charge is 0.366 e. The Hall–Kier alpha value is -1.71. The van der Waals surface area contributed by atoms with Crippen LogP contribution in [0.3, 0.4) is 0 Å². The van der Waals surface area contributed by atoms with Crippen LogP contribution < -0.4 is 0 Å².